The lowest BCUT2D eigenvalue weighted by Gasteiger charge is -2.22. The van der Waals surface area contributed by atoms with Gasteiger partial charge in [-0.15, -0.1) is 0 Å². The highest BCUT2D eigenvalue weighted by Gasteiger charge is 2.24. The summed E-state index contributed by atoms with van der Waals surface area (Å²) in [5.74, 6) is 1.54. The van der Waals surface area contributed by atoms with Gasteiger partial charge in [0.15, 0.2) is 0 Å². The Bertz CT molecular complexity index is 538. The highest BCUT2D eigenvalue weighted by Crippen LogP contribution is 2.20. The summed E-state index contributed by atoms with van der Waals surface area (Å²) in [5.41, 5.74) is 3.24. The number of likely N-dealkylation sites (tertiary alicyclic amines) is 1. The lowest BCUT2D eigenvalue weighted by atomic mass is 10.1. The molecule has 1 aromatic heterocycles. The fraction of sp³-hybridized carbons (Fsp3) is 0.722. The average molecular weight is 302 g/mol. The Balaban J connectivity index is 1.86. The second-order valence-electron chi connectivity index (χ2n) is 7.32. The van der Waals surface area contributed by atoms with Gasteiger partial charge in [-0.3, -0.25) is 0 Å². The van der Waals surface area contributed by atoms with Crippen LogP contribution in [0.3, 0.4) is 0 Å². The first-order chi connectivity index (χ1) is 10.4. The number of aromatic nitrogens is 1. The Morgan fingerprint density at radius 2 is 2.18 bits per heavy atom. The predicted octanol–water partition coefficient (Wildman–Crippen LogP) is 2.61. The first-order valence-corrected chi connectivity index (χ1v) is 8.36. The third kappa shape index (κ3) is 4.12. The molecule has 4 heteroatoms. The van der Waals surface area contributed by atoms with Gasteiger partial charge >= 0.3 is 0 Å². The van der Waals surface area contributed by atoms with Crippen molar-refractivity contribution in [1.29, 1.82) is 5.26 Å². The highest BCUT2D eigenvalue weighted by molar-refractivity contribution is 5.34. The Morgan fingerprint density at radius 3 is 2.77 bits per heavy atom. The van der Waals surface area contributed by atoms with Gasteiger partial charge in [0.25, 0.3) is 0 Å². The molecule has 1 aliphatic rings. The lowest BCUT2D eigenvalue weighted by molar-refractivity contribution is 0.247. The van der Waals surface area contributed by atoms with E-state index in [9.17, 15) is 0 Å². The maximum absolute atomic E-state index is 9.13. The third-order valence-corrected chi connectivity index (χ3v) is 4.76. The van der Waals surface area contributed by atoms with E-state index in [1.54, 1.807) is 0 Å². The molecule has 0 aliphatic carbocycles. The van der Waals surface area contributed by atoms with Crippen molar-refractivity contribution < 1.29 is 0 Å². The molecular weight excluding hydrogens is 272 g/mol. The summed E-state index contributed by atoms with van der Waals surface area (Å²) in [7, 11) is 4.17. The molecule has 0 spiro atoms. The van der Waals surface area contributed by atoms with Gasteiger partial charge in [-0.05, 0) is 50.4 Å². The molecule has 0 saturated carbocycles. The van der Waals surface area contributed by atoms with Gasteiger partial charge in [0.1, 0.15) is 11.8 Å². The summed E-state index contributed by atoms with van der Waals surface area (Å²) in [5, 5.41) is 9.13. The first-order valence-electron chi connectivity index (χ1n) is 8.36. The van der Waals surface area contributed by atoms with E-state index in [-0.39, 0.29) is 0 Å². The van der Waals surface area contributed by atoms with Crippen LogP contribution in [0.4, 0.5) is 0 Å². The van der Waals surface area contributed by atoms with E-state index in [2.05, 4.69) is 43.7 Å². The number of nitriles is 1. The summed E-state index contributed by atoms with van der Waals surface area (Å²) >= 11 is 0. The van der Waals surface area contributed by atoms with Crippen LogP contribution in [-0.2, 0) is 13.6 Å². The fourth-order valence-electron chi connectivity index (χ4n) is 3.57. The minimum atomic E-state index is 0.755. The highest BCUT2D eigenvalue weighted by atomic mass is 15.2. The quantitative estimate of drug-likeness (QED) is 0.810. The van der Waals surface area contributed by atoms with E-state index >= 15 is 0 Å². The Labute approximate surface area is 135 Å². The fourth-order valence-corrected chi connectivity index (χ4v) is 3.57. The summed E-state index contributed by atoms with van der Waals surface area (Å²) < 4.78 is 1.99. The van der Waals surface area contributed by atoms with Gasteiger partial charge in [-0.25, -0.2) is 0 Å². The van der Waals surface area contributed by atoms with Gasteiger partial charge in [-0.1, -0.05) is 13.8 Å². The zero-order valence-corrected chi connectivity index (χ0v) is 14.8. The van der Waals surface area contributed by atoms with Crippen molar-refractivity contribution in [2.45, 2.75) is 33.7 Å². The predicted molar refractivity (Wildman–Crippen MR) is 90.6 cm³/mol. The van der Waals surface area contributed by atoms with Crippen LogP contribution < -0.4 is 0 Å². The number of hydrogen-bond acceptors (Lipinski definition) is 3. The molecule has 0 radical (unpaired) electrons. The molecular formula is C18H30N4. The zero-order valence-electron chi connectivity index (χ0n) is 14.8. The summed E-state index contributed by atoms with van der Waals surface area (Å²) in [4.78, 5) is 5.01. The van der Waals surface area contributed by atoms with Crippen LogP contribution in [0.1, 0.15) is 37.2 Å². The molecule has 0 aromatic carbocycles. The van der Waals surface area contributed by atoms with Crippen LogP contribution in [-0.4, -0.2) is 47.6 Å². The lowest BCUT2D eigenvalue weighted by Crippen LogP contribution is -2.29. The van der Waals surface area contributed by atoms with Gasteiger partial charge < -0.3 is 14.4 Å². The maximum atomic E-state index is 9.13. The average Bonchev–Trinajstić information content (AvgIpc) is 2.97. The van der Waals surface area contributed by atoms with E-state index in [0.29, 0.717) is 0 Å². The first kappa shape index (κ1) is 17.1. The van der Waals surface area contributed by atoms with Crippen molar-refractivity contribution in [3.05, 3.63) is 23.0 Å². The van der Waals surface area contributed by atoms with E-state index in [0.717, 1.165) is 30.6 Å². The monoisotopic (exact) mass is 302 g/mol. The number of nitrogens with zero attached hydrogens (tertiary/aromatic N) is 4. The molecule has 1 aliphatic heterocycles. The Morgan fingerprint density at radius 1 is 1.45 bits per heavy atom. The van der Waals surface area contributed by atoms with E-state index in [1.165, 1.54) is 37.3 Å². The van der Waals surface area contributed by atoms with Crippen molar-refractivity contribution in [2.75, 3.05) is 33.2 Å². The summed E-state index contributed by atoms with van der Waals surface area (Å²) in [6.07, 6.45) is 1.31. The molecule has 0 bridgehead atoms. The molecule has 22 heavy (non-hydrogen) atoms. The smallest absolute Gasteiger partial charge is 0.120 e. The third-order valence-electron chi connectivity index (χ3n) is 4.76. The van der Waals surface area contributed by atoms with Crippen LogP contribution in [0, 0.1) is 30.1 Å². The van der Waals surface area contributed by atoms with Crippen LogP contribution in [0.2, 0.25) is 0 Å². The number of rotatable bonds is 6. The normalized spacial score (nSPS) is 19.3. The van der Waals surface area contributed by atoms with Gasteiger partial charge in [0.05, 0.1) is 0 Å². The van der Waals surface area contributed by atoms with E-state index in [1.807, 2.05) is 17.7 Å². The van der Waals surface area contributed by atoms with Gasteiger partial charge in [0.2, 0.25) is 0 Å². The molecule has 1 aromatic rings. The van der Waals surface area contributed by atoms with Crippen molar-refractivity contribution in [2.24, 2.45) is 18.9 Å². The Kier molecular flexibility index (Phi) is 5.66. The molecule has 2 heterocycles. The molecule has 0 amide bonds. The molecule has 1 unspecified atom stereocenters. The second kappa shape index (κ2) is 7.30. The minimum absolute atomic E-state index is 0.755. The van der Waals surface area contributed by atoms with Crippen molar-refractivity contribution in [3.63, 3.8) is 0 Å². The van der Waals surface area contributed by atoms with Gasteiger partial charge in [0, 0.05) is 38.9 Å². The summed E-state index contributed by atoms with van der Waals surface area (Å²) in [6, 6.07) is 4.30. The number of hydrogen-bond donors (Lipinski definition) is 0. The standard InChI is InChI=1S/C18H30N4/c1-14(2)10-22-7-6-16(12-22)11-20(4)13-17-8-18(9-19)21(5)15(17)3/h8,14,16H,6-7,10-13H2,1-5H3. The minimum Gasteiger partial charge on any atom is -0.340 e. The van der Waals surface area contributed by atoms with Gasteiger partial charge in [-0.2, -0.15) is 5.26 Å². The van der Waals surface area contributed by atoms with Crippen molar-refractivity contribution in [3.8, 4) is 6.07 Å². The largest absolute Gasteiger partial charge is 0.340 e. The molecule has 1 saturated heterocycles. The van der Waals surface area contributed by atoms with Crippen LogP contribution in [0.25, 0.3) is 0 Å². The van der Waals surface area contributed by atoms with E-state index in [4.69, 9.17) is 5.26 Å². The van der Waals surface area contributed by atoms with Crippen molar-refractivity contribution >= 4 is 0 Å². The molecule has 4 nitrogen and oxygen atoms in total. The topological polar surface area (TPSA) is 35.2 Å². The molecule has 1 atom stereocenters. The van der Waals surface area contributed by atoms with Crippen molar-refractivity contribution in [1.82, 2.24) is 14.4 Å². The second-order valence-corrected chi connectivity index (χ2v) is 7.32. The zero-order chi connectivity index (χ0) is 16.3. The van der Waals surface area contributed by atoms with Crippen LogP contribution in [0.15, 0.2) is 6.07 Å². The van der Waals surface area contributed by atoms with E-state index < -0.39 is 0 Å². The maximum Gasteiger partial charge on any atom is 0.120 e. The Hall–Kier alpha value is -1.31. The van der Waals surface area contributed by atoms with Crippen LogP contribution >= 0.6 is 0 Å². The summed E-state index contributed by atoms with van der Waals surface area (Å²) in [6.45, 7) is 12.5. The molecule has 1 fully saturated rings. The molecule has 2 rings (SSSR count). The SMILES string of the molecule is Cc1c(CN(C)CC2CCN(CC(C)C)C2)cc(C#N)n1C. The van der Waals surface area contributed by atoms with Crippen LogP contribution in [0.5, 0.6) is 0 Å². The molecule has 122 valence electrons. The molecule has 0 N–H and O–H groups in total.